The molecule has 0 fully saturated rings. The maximum Gasteiger partial charge on any atom is 0.371 e. The van der Waals surface area contributed by atoms with Crippen LogP contribution in [-0.2, 0) is 11.3 Å². The lowest BCUT2D eigenvalue weighted by Gasteiger charge is -2.10. The highest BCUT2D eigenvalue weighted by Crippen LogP contribution is 2.10. The normalized spacial score (nSPS) is 12.1. The van der Waals surface area contributed by atoms with Gasteiger partial charge in [-0.1, -0.05) is 26.7 Å². The largest absolute Gasteiger partial charge is 0.475 e. The van der Waals surface area contributed by atoms with Gasteiger partial charge in [-0.2, -0.15) is 0 Å². The Morgan fingerprint density at radius 3 is 2.72 bits per heavy atom. The van der Waals surface area contributed by atoms with Crippen LogP contribution in [0.3, 0.4) is 0 Å². The van der Waals surface area contributed by atoms with Gasteiger partial charge in [-0.05, 0) is 18.6 Å². The van der Waals surface area contributed by atoms with Gasteiger partial charge in [0.05, 0.1) is 6.54 Å². The van der Waals surface area contributed by atoms with Gasteiger partial charge in [-0.15, -0.1) is 0 Å². The zero-order valence-corrected chi connectivity index (χ0v) is 10.7. The molecule has 1 unspecified atom stereocenters. The molecule has 0 spiro atoms. The Morgan fingerprint density at radius 2 is 2.17 bits per heavy atom. The highest BCUT2D eigenvalue weighted by Gasteiger charge is 2.13. The number of furan rings is 1. The molecule has 1 rings (SSSR count). The summed E-state index contributed by atoms with van der Waals surface area (Å²) in [5.41, 5.74) is 0. The quantitative estimate of drug-likeness (QED) is 0.782. The van der Waals surface area contributed by atoms with Crippen molar-refractivity contribution in [2.45, 2.75) is 39.7 Å². The molecule has 0 aliphatic heterocycles. The third kappa shape index (κ3) is 4.24. The van der Waals surface area contributed by atoms with Crippen molar-refractivity contribution in [3.63, 3.8) is 0 Å². The lowest BCUT2D eigenvalue weighted by molar-refractivity contribution is -0.124. The van der Waals surface area contributed by atoms with Crippen LogP contribution in [0.25, 0.3) is 0 Å². The molecule has 0 radical (unpaired) electrons. The molecular weight excluding hydrogens is 234 g/mol. The zero-order valence-electron chi connectivity index (χ0n) is 10.7. The molecule has 5 nitrogen and oxygen atoms in total. The summed E-state index contributed by atoms with van der Waals surface area (Å²) in [5, 5.41) is 11.4. The van der Waals surface area contributed by atoms with Crippen LogP contribution in [0.15, 0.2) is 16.5 Å². The summed E-state index contributed by atoms with van der Waals surface area (Å²) in [6, 6.07) is 2.94. The number of hydrogen-bond donors (Lipinski definition) is 2. The monoisotopic (exact) mass is 253 g/mol. The Morgan fingerprint density at radius 1 is 1.44 bits per heavy atom. The summed E-state index contributed by atoms with van der Waals surface area (Å²) in [7, 11) is 0. The molecule has 0 aliphatic carbocycles. The number of carboxylic acid groups (broad SMARTS) is 1. The molecule has 0 bridgehead atoms. The average Bonchev–Trinajstić information content (AvgIpc) is 2.81. The summed E-state index contributed by atoms with van der Waals surface area (Å²) < 4.78 is 5.04. The van der Waals surface area contributed by atoms with E-state index >= 15 is 0 Å². The topological polar surface area (TPSA) is 79.5 Å². The van der Waals surface area contributed by atoms with Gasteiger partial charge in [0.25, 0.3) is 0 Å². The fourth-order valence-electron chi connectivity index (χ4n) is 1.58. The van der Waals surface area contributed by atoms with Crippen molar-refractivity contribution in [2.75, 3.05) is 0 Å². The Balaban J connectivity index is 2.39. The van der Waals surface area contributed by atoms with Gasteiger partial charge < -0.3 is 14.8 Å². The first kappa shape index (κ1) is 14.3. The summed E-state index contributed by atoms with van der Waals surface area (Å²) >= 11 is 0. The second-order valence-electron chi connectivity index (χ2n) is 4.33. The molecule has 18 heavy (non-hydrogen) atoms. The maximum absolute atomic E-state index is 11.7. The first-order valence-electron chi connectivity index (χ1n) is 6.14. The summed E-state index contributed by atoms with van der Waals surface area (Å²) in [4.78, 5) is 22.3. The van der Waals surface area contributed by atoms with E-state index in [-0.39, 0.29) is 24.1 Å². The first-order chi connectivity index (χ1) is 8.54. The van der Waals surface area contributed by atoms with E-state index in [1.807, 2.05) is 6.92 Å². The van der Waals surface area contributed by atoms with Crippen molar-refractivity contribution < 1.29 is 19.1 Å². The SMILES string of the molecule is CCCCC(C)C(=O)NCc1ccc(C(=O)O)o1. The Labute approximate surface area is 106 Å². The molecule has 5 heteroatoms. The number of carbonyl (C=O) groups excluding carboxylic acids is 1. The predicted molar refractivity (Wildman–Crippen MR) is 66.2 cm³/mol. The molecule has 1 aromatic rings. The first-order valence-corrected chi connectivity index (χ1v) is 6.14. The summed E-state index contributed by atoms with van der Waals surface area (Å²) in [5.74, 6) is -0.832. The van der Waals surface area contributed by atoms with Crippen LogP contribution in [0.5, 0.6) is 0 Å². The molecule has 0 saturated heterocycles. The van der Waals surface area contributed by atoms with Crippen LogP contribution in [0.4, 0.5) is 0 Å². The fourth-order valence-corrected chi connectivity index (χ4v) is 1.58. The van der Waals surface area contributed by atoms with Crippen molar-refractivity contribution in [2.24, 2.45) is 5.92 Å². The van der Waals surface area contributed by atoms with Gasteiger partial charge in [0.1, 0.15) is 5.76 Å². The second kappa shape index (κ2) is 6.83. The average molecular weight is 253 g/mol. The van der Waals surface area contributed by atoms with E-state index in [9.17, 15) is 9.59 Å². The van der Waals surface area contributed by atoms with Crippen LogP contribution >= 0.6 is 0 Å². The highest BCUT2D eigenvalue weighted by molar-refractivity contribution is 5.84. The zero-order chi connectivity index (χ0) is 13.5. The molecule has 100 valence electrons. The Hall–Kier alpha value is -1.78. The third-order valence-corrected chi connectivity index (χ3v) is 2.75. The highest BCUT2D eigenvalue weighted by atomic mass is 16.4. The Kier molecular flexibility index (Phi) is 5.42. The van der Waals surface area contributed by atoms with Gasteiger partial charge in [0, 0.05) is 5.92 Å². The van der Waals surface area contributed by atoms with Crippen LogP contribution in [-0.4, -0.2) is 17.0 Å². The number of rotatable bonds is 7. The molecule has 2 N–H and O–H groups in total. The number of nitrogens with one attached hydrogen (secondary N) is 1. The van der Waals surface area contributed by atoms with E-state index in [0.717, 1.165) is 19.3 Å². The van der Waals surface area contributed by atoms with Gasteiger partial charge in [0.15, 0.2) is 0 Å². The van der Waals surface area contributed by atoms with E-state index in [1.54, 1.807) is 6.07 Å². The van der Waals surface area contributed by atoms with E-state index in [1.165, 1.54) is 6.07 Å². The van der Waals surface area contributed by atoms with Crippen molar-refractivity contribution in [1.29, 1.82) is 0 Å². The molecule has 1 amide bonds. The lowest BCUT2D eigenvalue weighted by Crippen LogP contribution is -2.28. The molecular formula is C13H19NO4. The number of aromatic carboxylic acids is 1. The molecule has 1 heterocycles. The van der Waals surface area contributed by atoms with Crippen LogP contribution in [0.1, 0.15) is 49.4 Å². The second-order valence-corrected chi connectivity index (χ2v) is 4.33. The minimum absolute atomic E-state index is 0.0288. The van der Waals surface area contributed by atoms with E-state index in [2.05, 4.69) is 12.2 Å². The number of carboxylic acids is 1. The van der Waals surface area contributed by atoms with Gasteiger partial charge in [0.2, 0.25) is 11.7 Å². The third-order valence-electron chi connectivity index (χ3n) is 2.75. The summed E-state index contributed by atoms with van der Waals surface area (Å²) in [6.07, 6.45) is 2.96. The summed E-state index contributed by atoms with van der Waals surface area (Å²) in [6.45, 7) is 4.19. The number of hydrogen-bond acceptors (Lipinski definition) is 3. The standard InChI is InChI=1S/C13H19NO4/c1-3-4-5-9(2)12(15)14-8-10-6-7-11(18-10)13(16)17/h6-7,9H,3-5,8H2,1-2H3,(H,14,15)(H,16,17). The number of carbonyl (C=O) groups is 2. The van der Waals surface area contributed by atoms with Crippen LogP contribution < -0.4 is 5.32 Å². The molecule has 1 aromatic heterocycles. The predicted octanol–water partition coefficient (Wildman–Crippen LogP) is 2.42. The van der Waals surface area contributed by atoms with Crippen LogP contribution in [0, 0.1) is 5.92 Å². The lowest BCUT2D eigenvalue weighted by atomic mass is 10.0. The van der Waals surface area contributed by atoms with Crippen LogP contribution in [0.2, 0.25) is 0 Å². The minimum Gasteiger partial charge on any atom is -0.475 e. The molecule has 0 aliphatic rings. The minimum atomic E-state index is -1.11. The smallest absolute Gasteiger partial charge is 0.371 e. The van der Waals surface area contributed by atoms with Gasteiger partial charge >= 0.3 is 5.97 Å². The molecule has 1 atom stereocenters. The maximum atomic E-state index is 11.7. The fraction of sp³-hybridized carbons (Fsp3) is 0.538. The van der Waals surface area contributed by atoms with Gasteiger partial charge in [-0.25, -0.2) is 4.79 Å². The van der Waals surface area contributed by atoms with E-state index < -0.39 is 5.97 Å². The van der Waals surface area contributed by atoms with Crippen molar-refractivity contribution in [1.82, 2.24) is 5.32 Å². The number of amides is 1. The van der Waals surface area contributed by atoms with Crippen molar-refractivity contribution in [3.8, 4) is 0 Å². The van der Waals surface area contributed by atoms with E-state index in [4.69, 9.17) is 9.52 Å². The molecule has 0 aromatic carbocycles. The van der Waals surface area contributed by atoms with Crippen molar-refractivity contribution >= 4 is 11.9 Å². The van der Waals surface area contributed by atoms with Crippen molar-refractivity contribution in [3.05, 3.63) is 23.7 Å². The molecule has 0 saturated carbocycles. The number of unbranched alkanes of at least 4 members (excludes halogenated alkanes) is 1. The van der Waals surface area contributed by atoms with E-state index in [0.29, 0.717) is 5.76 Å². The Bertz CT molecular complexity index is 411. The van der Waals surface area contributed by atoms with Gasteiger partial charge in [-0.3, -0.25) is 4.79 Å².